The second-order valence-electron chi connectivity index (χ2n) is 8.85. The van der Waals surface area contributed by atoms with E-state index in [2.05, 4.69) is 4.98 Å². The third-order valence-corrected chi connectivity index (χ3v) is 8.00. The lowest BCUT2D eigenvalue weighted by atomic mass is 10.1. The van der Waals surface area contributed by atoms with Crippen molar-refractivity contribution in [3.8, 4) is 11.5 Å². The molecule has 5 rings (SSSR count). The quantitative estimate of drug-likeness (QED) is 0.194. The molecule has 4 aromatic carbocycles. The number of carbonyl (C=O) groups excluding carboxylic acids is 1. The monoisotopic (exact) mass is 636 g/mol. The van der Waals surface area contributed by atoms with Crippen LogP contribution in [0, 0.1) is 0 Å². The van der Waals surface area contributed by atoms with E-state index in [0.717, 1.165) is 0 Å². The topological polar surface area (TPSA) is 123 Å². The van der Waals surface area contributed by atoms with E-state index < -0.39 is 22.1 Å². The second-order valence-corrected chi connectivity index (χ2v) is 10.6. The number of hydrogen-bond donors (Lipinski definition) is 1. The van der Waals surface area contributed by atoms with E-state index in [1.54, 1.807) is 36.4 Å². The summed E-state index contributed by atoms with van der Waals surface area (Å²) in [6, 6.07) is 25.9. The van der Waals surface area contributed by atoms with E-state index in [9.17, 15) is 18.0 Å². The largest absolute Gasteiger partial charge is 0.497 e. The molecule has 5 aromatic rings. The Morgan fingerprint density at radius 3 is 1.93 bits per heavy atom. The van der Waals surface area contributed by atoms with Crippen molar-refractivity contribution in [3.63, 3.8) is 0 Å². The zero-order chi connectivity index (χ0) is 28.3. The third-order valence-electron chi connectivity index (χ3n) is 6.29. The zero-order valence-corrected chi connectivity index (χ0v) is 24.3. The maximum Gasteiger partial charge on any atom is 0.434 e. The van der Waals surface area contributed by atoms with Gasteiger partial charge in [-0.2, -0.15) is 4.31 Å². The predicted molar refractivity (Wildman–Crippen MR) is 161 cm³/mol. The highest BCUT2D eigenvalue weighted by Gasteiger charge is 2.33. The first-order valence-corrected chi connectivity index (χ1v) is 13.7. The van der Waals surface area contributed by atoms with Crippen molar-refractivity contribution in [1.29, 1.82) is 0 Å². The minimum absolute atomic E-state index is 0. The molecule has 0 saturated carbocycles. The number of benzene rings is 4. The van der Waals surface area contributed by atoms with Gasteiger partial charge in [-0.05, 0) is 72.6 Å². The third kappa shape index (κ3) is 6.16. The number of fused-ring (bicyclic) bond motifs is 2. The van der Waals surface area contributed by atoms with Crippen LogP contribution in [0.15, 0.2) is 102 Å². The van der Waals surface area contributed by atoms with Gasteiger partial charge in [0.15, 0.2) is 5.75 Å². The molecular weight excluding hydrogens is 612 g/mol. The Balaban J connectivity index is 0.00000387. The molecule has 0 aliphatic heterocycles. The Hall–Kier alpha value is -4.48. The number of aryl methyl sites for hydroxylation is 1. The van der Waals surface area contributed by atoms with E-state index in [1.165, 1.54) is 55.6 Å². The predicted octanol–water partition coefficient (Wildman–Crippen LogP) is 6.39. The van der Waals surface area contributed by atoms with Crippen molar-refractivity contribution in [1.82, 2.24) is 4.98 Å². The highest BCUT2D eigenvalue weighted by atomic mass is 79.9. The molecule has 0 fully saturated rings. The summed E-state index contributed by atoms with van der Waals surface area (Å²) in [7, 11) is -2.99. The molecular formula is C30H25BrN2O7S. The smallest absolute Gasteiger partial charge is 0.434 e. The fourth-order valence-corrected chi connectivity index (χ4v) is 5.61. The van der Waals surface area contributed by atoms with Crippen molar-refractivity contribution < 1.29 is 32.6 Å². The van der Waals surface area contributed by atoms with Crippen LogP contribution in [0.3, 0.4) is 0 Å². The van der Waals surface area contributed by atoms with Crippen LogP contribution >= 0.6 is 17.0 Å². The van der Waals surface area contributed by atoms with Gasteiger partial charge in [0.2, 0.25) is 0 Å². The van der Waals surface area contributed by atoms with E-state index in [4.69, 9.17) is 14.6 Å². The fraction of sp³-hybridized carbons (Fsp3) is 0.100. The number of aromatic nitrogens is 1. The molecule has 0 aliphatic carbocycles. The van der Waals surface area contributed by atoms with Gasteiger partial charge in [-0.1, -0.05) is 36.4 Å². The molecule has 1 N–H and O–H groups in total. The summed E-state index contributed by atoms with van der Waals surface area (Å²) in [5.74, 6) is -0.298. The number of amides is 1. The molecule has 1 amide bonds. The molecule has 9 nitrogen and oxygen atoms in total. The van der Waals surface area contributed by atoms with Gasteiger partial charge in [-0.25, -0.2) is 18.2 Å². The molecule has 11 heteroatoms. The summed E-state index contributed by atoms with van der Waals surface area (Å²) in [5, 5.41) is 10.0. The molecule has 1 aromatic heterocycles. The van der Waals surface area contributed by atoms with Crippen LogP contribution in [-0.2, 0) is 21.2 Å². The average molecular weight is 638 g/mol. The number of sulfonamides is 1. The standard InChI is InChI=1S/C30H24N2O7S.BrH/c1-38-22-15-13-21(14-16-22)32(40(36,37)23-17-10-20(11-18-23)12-19-28(33)34)30(35)39-29-24-6-2-4-8-26(24)31-27-9-5-3-7-25(27)29;/h2-11,13-18H,12,19H2,1H3,(H,33,34);1H. The van der Waals surface area contributed by atoms with Gasteiger partial charge in [-0.3, -0.25) is 4.79 Å². The van der Waals surface area contributed by atoms with E-state index in [0.29, 0.717) is 37.4 Å². The number of para-hydroxylation sites is 2. The first-order valence-electron chi connectivity index (χ1n) is 12.3. The maximum atomic E-state index is 13.9. The van der Waals surface area contributed by atoms with Gasteiger partial charge >= 0.3 is 12.1 Å². The van der Waals surface area contributed by atoms with Crippen LogP contribution in [0.1, 0.15) is 12.0 Å². The molecule has 210 valence electrons. The Kier molecular flexibility index (Phi) is 8.89. The number of ether oxygens (including phenoxy) is 2. The lowest BCUT2D eigenvalue weighted by Gasteiger charge is -2.23. The first kappa shape index (κ1) is 29.5. The van der Waals surface area contributed by atoms with Crippen LogP contribution in [-0.4, -0.2) is 37.7 Å². The van der Waals surface area contributed by atoms with Gasteiger partial charge in [-0.15, -0.1) is 17.0 Å². The summed E-state index contributed by atoms with van der Waals surface area (Å²) in [6.07, 6.45) is -0.992. The lowest BCUT2D eigenvalue weighted by molar-refractivity contribution is -0.136. The van der Waals surface area contributed by atoms with Crippen LogP contribution in [0.4, 0.5) is 10.5 Å². The number of carboxylic acids is 1. The van der Waals surface area contributed by atoms with Crippen LogP contribution in [0.25, 0.3) is 21.8 Å². The van der Waals surface area contributed by atoms with Crippen molar-refractivity contribution in [2.75, 3.05) is 11.4 Å². The van der Waals surface area contributed by atoms with Crippen molar-refractivity contribution >= 4 is 66.6 Å². The van der Waals surface area contributed by atoms with Crippen LogP contribution in [0.2, 0.25) is 0 Å². The Labute approximate surface area is 246 Å². The average Bonchev–Trinajstić information content (AvgIpc) is 2.96. The number of halogens is 1. The first-order chi connectivity index (χ1) is 19.3. The Bertz CT molecular complexity index is 1770. The maximum absolute atomic E-state index is 13.9. The molecule has 0 spiro atoms. The van der Waals surface area contributed by atoms with Gasteiger partial charge in [0.05, 0.1) is 28.7 Å². The Morgan fingerprint density at radius 1 is 0.829 bits per heavy atom. The Morgan fingerprint density at radius 2 is 1.39 bits per heavy atom. The summed E-state index contributed by atoms with van der Waals surface area (Å²) in [6.45, 7) is 0. The van der Waals surface area contributed by atoms with Gasteiger partial charge in [0.25, 0.3) is 10.0 Å². The molecule has 0 atom stereocenters. The normalized spacial score (nSPS) is 11.0. The molecule has 0 saturated heterocycles. The number of nitrogens with zero attached hydrogens (tertiary/aromatic N) is 2. The molecule has 41 heavy (non-hydrogen) atoms. The molecule has 0 aliphatic rings. The summed E-state index contributed by atoms with van der Waals surface area (Å²) < 4.78 is 39.5. The lowest BCUT2D eigenvalue weighted by Crippen LogP contribution is -2.39. The summed E-state index contributed by atoms with van der Waals surface area (Å²) >= 11 is 0. The fourth-order valence-electron chi connectivity index (χ4n) is 4.28. The minimum Gasteiger partial charge on any atom is -0.497 e. The molecule has 0 bridgehead atoms. The summed E-state index contributed by atoms with van der Waals surface area (Å²) in [4.78, 5) is 29.2. The molecule has 0 unspecified atom stereocenters. The molecule has 1 heterocycles. The van der Waals surface area contributed by atoms with E-state index >= 15 is 0 Å². The number of rotatable bonds is 8. The number of carboxylic acid groups (broad SMARTS) is 1. The highest BCUT2D eigenvalue weighted by molar-refractivity contribution is 8.93. The van der Waals surface area contributed by atoms with Crippen molar-refractivity contribution in [3.05, 3.63) is 103 Å². The number of aliphatic carboxylic acids is 1. The number of carbonyl (C=O) groups is 2. The van der Waals surface area contributed by atoms with Crippen molar-refractivity contribution in [2.45, 2.75) is 17.7 Å². The number of pyridine rings is 1. The van der Waals surface area contributed by atoms with Gasteiger partial charge in [0, 0.05) is 17.2 Å². The van der Waals surface area contributed by atoms with Crippen molar-refractivity contribution in [2.24, 2.45) is 0 Å². The SMILES string of the molecule is Br.COc1ccc(N(C(=O)Oc2c3ccccc3nc3ccccc23)S(=O)(=O)c2ccc(CCC(=O)O)cc2)cc1. The van der Waals surface area contributed by atoms with Crippen LogP contribution < -0.4 is 13.8 Å². The second kappa shape index (κ2) is 12.4. The van der Waals surface area contributed by atoms with Gasteiger partial charge in [0.1, 0.15) is 5.75 Å². The zero-order valence-electron chi connectivity index (χ0n) is 21.8. The number of methoxy groups -OCH3 is 1. The van der Waals surface area contributed by atoms with E-state index in [1.807, 2.05) is 12.1 Å². The highest BCUT2D eigenvalue weighted by Crippen LogP contribution is 2.35. The summed E-state index contributed by atoms with van der Waals surface area (Å²) in [5.41, 5.74) is 1.86. The van der Waals surface area contributed by atoms with E-state index in [-0.39, 0.29) is 46.2 Å². The minimum atomic E-state index is -4.46. The molecule has 0 radical (unpaired) electrons. The van der Waals surface area contributed by atoms with Gasteiger partial charge < -0.3 is 14.6 Å². The number of anilines is 1. The number of hydrogen-bond acceptors (Lipinski definition) is 7. The van der Waals surface area contributed by atoms with Crippen LogP contribution in [0.5, 0.6) is 11.5 Å².